The molecule has 2 aromatic heterocycles. The van der Waals surface area contributed by atoms with Crippen LogP contribution in [0.5, 0.6) is 5.88 Å². The molecule has 8 nitrogen and oxygen atoms in total. The number of alkyl halides is 3. The molecule has 2 N–H and O–H groups in total. The highest BCUT2D eigenvalue weighted by atomic mass is 79.9. The van der Waals surface area contributed by atoms with Gasteiger partial charge >= 0.3 is 6.18 Å². The number of aryl methyl sites for hydroxylation is 1. The molecule has 2 amide bonds. The fourth-order valence-corrected chi connectivity index (χ4v) is 2.90. The molecule has 160 valence electrons. The molecule has 0 atom stereocenters. The molecule has 2 aromatic rings. The fourth-order valence-electron chi connectivity index (χ4n) is 2.39. The number of rotatable bonds is 7. The summed E-state index contributed by atoms with van der Waals surface area (Å²) >= 11 is 3.10. The Morgan fingerprint density at radius 1 is 1.27 bits per heavy atom. The van der Waals surface area contributed by atoms with Crippen LogP contribution in [0, 0.1) is 12.8 Å². The van der Waals surface area contributed by atoms with Gasteiger partial charge in [0.05, 0.1) is 4.47 Å². The van der Waals surface area contributed by atoms with E-state index in [4.69, 9.17) is 0 Å². The maximum absolute atomic E-state index is 12.4. The van der Waals surface area contributed by atoms with Crippen LogP contribution in [0.3, 0.4) is 0 Å². The molecular weight excluding hydrogens is 471 g/mol. The van der Waals surface area contributed by atoms with Crippen molar-refractivity contribution in [3.8, 4) is 5.88 Å². The first kappa shape index (κ1) is 21.9. The molecule has 0 radical (unpaired) electrons. The van der Waals surface area contributed by atoms with Gasteiger partial charge in [0.25, 0.3) is 5.91 Å². The molecule has 3 rings (SSSR count). The monoisotopic (exact) mass is 487 g/mol. The van der Waals surface area contributed by atoms with Crippen LogP contribution in [0.1, 0.15) is 34.6 Å². The highest BCUT2D eigenvalue weighted by Crippen LogP contribution is 2.29. The van der Waals surface area contributed by atoms with Gasteiger partial charge in [-0.3, -0.25) is 14.9 Å². The first-order valence-electron chi connectivity index (χ1n) is 8.89. The number of nitrogens with one attached hydrogen (secondary N) is 2. The van der Waals surface area contributed by atoms with Gasteiger partial charge in [0.15, 0.2) is 6.61 Å². The molecule has 2 heterocycles. The Balaban J connectivity index is 1.60. The van der Waals surface area contributed by atoms with Gasteiger partial charge in [-0.2, -0.15) is 13.2 Å². The van der Waals surface area contributed by atoms with Gasteiger partial charge in [-0.15, -0.1) is 0 Å². The lowest BCUT2D eigenvalue weighted by Gasteiger charge is -2.11. The zero-order valence-electron chi connectivity index (χ0n) is 15.7. The minimum absolute atomic E-state index is 0.0274. The van der Waals surface area contributed by atoms with Crippen molar-refractivity contribution >= 4 is 33.7 Å². The summed E-state index contributed by atoms with van der Waals surface area (Å²) in [6, 6.07) is 2.97. The Bertz CT molecular complexity index is 967. The third-order valence-electron chi connectivity index (χ3n) is 3.96. The molecule has 0 aromatic carbocycles. The molecule has 1 aliphatic carbocycles. The molecule has 0 bridgehead atoms. The molecule has 0 saturated heterocycles. The molecule has 12 heteroatoms. The molecule has 1 aliphatic rings. The summed E-state index contributed by atoms with van der Waals surface area (Å²) in [6.45, 7) is 0.268. The summed E-state index contributed by atoms with van der Waals surface area (Å²) in [5.74, 6) is -0.843. The van der Waals surface area contributed by atoms with Crippen LogP contribution in [-0.4, -0.2) is 39.5 Å². The number of anilines is 1. The number of carbonyl (C=O) groups is 2. The Kier molecular flexibility index (Phi) is 6.54. The van der Waals surface area contributed by atoms with Crippen LogP contribution in [0.25, 0.3) is 0 Å². The van der Waals surface area contributed by atoms with Crippen LogP contribution in [0.15, 0.2) is 22.8 Å². The van der Waals surface area contributed by atoms with E-state index in [0.717, 1.165) is 12.8 Å². The van der Waals surface area contributed by atoms with Crippen LogP contribution < -0.4 is 15.4 Å². The highest BCUT2D eigenvalue weighted by Gasteiger charge is 2.30. The van der Waals surface area contributed by atoms with Crippen molar-refractivity contribution in [3.63, 3.8) is 0 Å². The Morgan fingerprint density at radius 2 is 2.00 bits per heavy atom. The predicted octanol–water partition coefficient (Wildman–Crippen LogP) is 3.16. The summed E-state index contributed by atoms with van der Waals surface area (Å²) in [5, 5.41) is 5.24. The van der Waals surface area contributed by atoms with E-state index in [2.05, 4.69) is 46.3 Å². The second-order valence-electron chi connectivity index (χ2n) is 6.70. The average Bonchev–Trinajstić information content (AvgIpc) is 3.49. The number of hydrogen-bond acceptors (Lipinski definition) is 6. The maximum atomic E-state index is 12.4. The number of nitrogens with zero attached hydrogens (tertiary/aromatic N) is 3. The second kappa shape index (κ2) is 8.94. The quantitative estimate of drug-likeness (QED) is 0.621. The van der Waals surface area contributed by atoms with Gasteiger partial charge in [-0.1, -0.05) is 0 Å². The average molecular weight is 488 g/mol. The molecule has 0 unspecified atom stereocenters. The Labute approximate surface area is 177 Å². The minimum atomic E-state index is -4.47. The van der Waals surface area contributed by atoms with Gasteiger partial charge in [-0.05, 0) is 53.4 Å². The van der Waals surface area contributed by atoms with Crippen LogP contribution in [0.2, 0.25) is 0 Å². The first-order chi connectivity index (χ1) is 14.1. The van der Waals surface area contributed by atoms with E-state index in [9.17, 15) is 22.8 Å². The van der Waals surface area contributed by atoms with Crippen LogP contribution in [-0.2, 0) is 11.3 Å². The standard InChI is InChI=1S/C18H17BrF3N5O3/c1-9-4-13(26-17(25-9)27-14(28)11-2-3-11)15(29)23-6-10-5-12(19)16(24-7-10)30-8-18(20,21)22/h4-5,7,11H,2-3,6,8H2,1H3,(H,23,29)(H,25,26,27,28). The first-order valence-corrected chi connectivity index (χ1v) is 9.69. The lowest BCUT2D eigenvalue weighted by Crippen LogP contribution is -2.25. The number of aromatic nitrogens is 3. The topological polar surface area (TPSA) is 106 Å². The normalized spacial score (nSPS) is 13.6. The molecule has 1 fully saturated rings. The van der Waals surface area contributed by atoms with Crippen molar-refractivity contribution in [1.82, 2.24) is 20.3 Å². The molecule has 0 aliphatic heterocycles. The minimum Gasteiger partial charge on any atom is -0.467 e. The third-order valence-corrected chi connectivity index (χ3v) is 4.53. The predicted molar refractivity (Wildman–Crippen MR) is 103 cm³/mol. The van der Waals surface area contributed by atoms with E-state index in [1.807, 2.05) is 0 Å². The molecule has 1 saturated carbocycles. The number of ether oxygens (including phenoxy) is 1. The smallest absolute Gasteiger partial charge is 0.422 e. The number of halogens is 4. The van der Waals surface area contributed by atoms with Gasteiger partial charge < -0.3 is 10.1 Å². The van der Waals surface area contributed by atoms with E-state index < -0.39 is 18.7 Å². The zero-order chi connectivity index (χ0) is 21.9. The van der Waals surface area contributed by atoms with Crippen molar-refractivity contribution in [2.24, 2.45) is 5.92 Å². The van der Waals surface area contributed by atoms with E-state index in [0.29, 0.717) is 11.3 Å². The van der Waals surface area contributed by atoms with Crippen molar-refractivity contribution in [3.05, 3.63) is 39.8 Å². The van der Waals surface area contributed by atoms with E-state index in [1.165, 1.54) is 18.3 Å². The SMILES string of the molecule is Cc1cc(C(=O)NCc2cnc(OCC(F)(F)F)c(Br)c2)nc(NC(=O)C2CC2)n1. The fraction of sp³-hybridized carbons (Fsp3) is 0.389. The third kappa shape index (κ3) is 6.37. The van der Waals surface area contributed by atoms with E-state index in [-0.39, 0.29) is 40.4 Å². The van der Waals surface area contributed by atoms with Crippen molar-refractivity contribution in [1.29, 1.82) is 0 Å². The van der Waals surface area contributed by atoms with Gasteiger partial charge in [0.2, 0.25) is 17.7 Å². The zero-order valence-corrected chi connectivity index (χ0v) is 17.3. The summed E-state index contributed by atoms with van der Waals surface area (Å²) in [4.78, 5) is 36.3. The van der Waals surface area contributed by atoms with Gasteiger partial charge in [0, 0.05) is 24.4 Å². The molecular formula is C18H17BrF3N5O3. The summed E-state index contributed by atoms with van der Waals surface area (Å²) < 4.78 is 41.6. The number of pyridine rings is 1. The van der Waals surface area contributed by atoms with Gasteiger partial charge in [0.1, 0.15) is 5.69 Å². The van der Waals surface area contributed by atoms with Crippen LogP contribution in [0.4, 0.5) is 19.1 Å². The summed E-state index contributed by atoms with van der Waals surface area (Å²) in [7, 11) is 0. The van der Waals surface area contributed by atoms with Crippen molar-refractivity contribution in [2.45, 2.75) is 32.5 Å². The Hall–Kier alpha value is -2.76. The lowest BCUT2D eigenvalue weighted by atomic mass is 10.2. The summed E-state index contributed by atoms with van der Waals surface area (Å²) in [6.07, 6.45) is -1.52. The highest BCUT2D eigenvalue weighted by molar-refractivity contribution is 9.10. The van der Waals surface area contributed by atoms with Crippen LogP contribution >= 0.6 is 15.9 Å². The van der Waals surface area contributed by atoms with Crippen molar-refractivity contribution in [2.75, 3.05) is 11.9 Å². The van der Waals surface area contributed by atoms with E-state index in [1.54, 1.807) is 6.92 Å². The lowest BCUT2D eigenvalue weighted by molar-refractivity contribution is -0.154. The van der Waals surface area contributed by atoms with E-state index >= 15 is 0 Å². The maximum Gasteiger partial charge on any atom is 0.422 e. The number of amides is 2. The molecule has 30 heavy (non-hydrogen) atoms. The number of hydrogen-bond donors (Lipinski definition) is 2. The molecule has 0 spiro atoms. The van der Waals surface area contributed by atoms with Gasteiger partial charge in [-0.25, -0.2) is 15.0 Å². The Morgan fingerprint density at radius 3 is 2.63 bits per heavy atom. The summed E-state index contributed by atoms with van der Waals surface area (Å²) in [5.41, 5.74) is 1.12. The largest absolute Gasteiger partial charge is 0.467 e. The second-order valence-corrected chi connectivity index (χ2v) is 7.55. The number of carbonyl (C=O) groups excluding carboxylic acids is 2. The van der Waals surface area contributed by atoms with Crippen molar-refractivity contribution < 1.29 is 27.5 Å².